The number of primary sulfonamides is 1. The van der Waals surface area contributed by atoms with Crippen molar-refractivity contribution in [2.45, 2.75) is 17.9 Å². The molecule has 108 valence electrons. The first-order valence-corrected chi connectivity index (χ1v) is 7.63. The summed E-state index contributed by atoms with van der Waals surface area (Å²) >= 11 is 0. The number of sulfonamides is 1. The van der Waals surface area contributed by atoms with E-state index in [2.05, 4.69) is 10.3 Å². The number of aromatic nitrogens is 2. The van der Waals surface area contributed by atoms with Crippen LogP contribution in [-0.2, 0) is 16.6 Å². The summed E-state index contributed by atoms with van der Waals surface area (Å²) in [5.41, 5.74) is 6.85. The molecule has 0 aliphatic rings. The largest absolute Gasteiger partial charge is 0.397 e. The van der Waals surface area contributed by atoms with Gasteiger partial charge in [0.05, 0.1) is 22.6 Å². The molecule has 8 heteroatoms. The number of anilines is 2. The molecule has 7 nitrogen and oxygen atoms in total. The van der Waals surface area contributed by atoms with Gasteiger partial charge in [0.25, 0.3) is 0 Å². The van der Waals surface area contributed by atoms with Gasteiger partial charge in [-0.3, -0.25) is 0 Å². The monoisotopic (exact) mass is 295 g/mol. The van der Waals surface area contributed by atoms with Crippen LogP contribution in [0.1, 0.15) is 6.42 Å². The summed E-state index contributed by atoms with van der Waals surface area (Å²) in [6, 6.07) is 4.41. The SMILES string of the molecule is Nc1cc(S(N)(=O)=O)ccc1NCCCn1ccnc1. The van der Waals surface area contributed by atoms with E-state index in [4.69, 9.17) is 10.9 Å². The van der Waals surface area contributed by atoms with Crippen LogP contribution < -0.4 is 16.2 Å². The normalized spacial score (nSPS) is 11.4. The fourth-order valence-electron chi connectivity index (χ4n) is 1.78. The van der Waals surface area contributed by atoms with E-state index in [9.17, 15) is 8.42 Å². The minimum absolute atomic E-state index is 0.0129. The highest BCUT2D eigenvalue weighted by molar-refractivity contribution is 7.89. The van der Waals surface area contributed by atoms with Gasteiger partial charge in [-0.15, -0.1) is 0 Å². The number of benzene rings is 1. The molecule has 0 radical (unpaired) electrons. The van der Waals surface area contributed by atoms with Gasteiger partial charge in [-0.1, -0.05) is 0 Å². The van der Waals surface area contributed by atoms with Crippen LogP contribution in [0.2, 0.25) is 0 Å². The third-order valence-electron chi connectivity index (χ3n) is 2.82. The van der Waals surface area contributed by atoms with Gasteiger partial charge in [-0.25, -0.2) is 18.5 Å². The Labute approximate surface area is 117 Å². The number of nitrogen functional groups attached to an aromatic ring is 1. The highest BCUT2D eigenvalue weighted by atomic mass is 32.2. The van der Waals surface area contributed by atoms with E-state index in [1.165, 1.54) is 12.1 Å². The lowest BCUT2D eigenvalue weighted by Gasteiger charge is -2.10. The van der Waals surface area contributed by atoms with E-state index in [1.54, 1.807) is 18.6 Å². The summed E-state index contributed by atoms with van der Waals surface area (Å²) in [5.74, 6) is 0. The van der Waals surface area contributed by atoms with Gasteiger partial charge in [0, 0.05) is 25.5 Å². The van der Waals surface area contributed by atoms with Crippen molar-refractivity contribution in [1.29, 1.82) is 0 Å². The Morgan fingerprint density at radius 3 is 2.75 bits per heavy atom. The molecule has 1 aromatic heterocycles. The molecule has 0 saturated carbocycles. The average molecular weight is 295 g/mol. The van der Waals surface area contributed by atoms with Crippen molar-refractivity contribution < 1.29 is 8.42 Å². The maximum atomic E-state index is 11.2. The molecule has 1 aromatic carbocycles. The van der Waals surface area contributed by atoms with Crippen LogP contribution in [0.15, 0.2) is 41.8 Å². The number of imidazole rings is 1. The molecule has 0 aliphatic heterocycles. The molecule has 20 heavy (non-hydrogen) atoms. The Morgan fingerprint density at radius 1 is 1.35 bits per heavy atom. The van der Waals surface area contributed by atoms with E-state index in [0.717, 1.165) is 19.5 Å². The van der Waals surface area contributed by atoms with Gasteiger partial charge >= 0.3 is 0 Å². The fraction of sp³-hybridized carbons (Fsp3) is 0.250. The topological polar surface area (TPSA) is 116 Å². The van der Waals surface area contributed by atoms with Crippen molar-refractivity contribution in [3.63, 3.8) is 0 Å². The molecule has 5 N–H and O–H groups in total. The Bertz CT molecular complexity index is 667. The smallest absolute Gasteiger partial charge is 0.238 e. The molecule has 2 rings (SSSR count). The van der Waals surface area contributed by atoms with Crippen LogP contribution in [0, 0.1) is 0 Å². The first-order chi connectivity index (χ1) is 9.47. The van der Waals surface area contributed by atoms with Crippen molar-refractivity contribution in [2.75, 3.05) is 17.6 Å². The quantitative estimate of drug-likeness (QED) is 0.533. The molecular formula is C12H17N5O2S. The molecular weight excluding hydrogens is 278 g/mol. The summed E-state index contributed by atoms with van der Waals surface area (Å²) in [7, 11) is -3.71. The first-order valence-electron chi connectivity index (χ1n) is 6.09. The average Bonchev–Trinajstić information content (AvgIpc) is 2.88. The number of hydrogen-bond acceptors (Lipinski definition) is 5. The number of hydrogen-bond donors (Lipinski definition) is 3. The van der Waals surface area contributed by atoms with Gasteiger partial charge in [0.2, 0.25) is 10.0 Å². The number of nitrogens with two attached hydrogens (primary N) is 2. The second-order valence-electron chi connectivity index (χ2n) is 4.37. The number of rotatable bonds is 6. The van der Waals surface area contributed by atoms with Gasteiger partial charge in [0.1, 0.15) is 0 Å². The minimum Gasteiger partial charge on any atom is -0.397 e. The van der Waals surface area contributed by atoms with Crippen LogP contribution in [0.3, 0.4) is 0 Å². The molecule has 0 amide bonds. The summed E-state index contributed by atoms with van der Waals surface area (Å²) in [6.45, 7) is 1.57. The predicted molar refractivity (Wildman–Crippen MR) is 77.6 cm³/mol. The predicted octanol–water partition coefficient (Wildman–Crippen LogP) is 0.615. The maximum Gasteiger partial charge on any atom is 0.238 e. The summed E-state index contributed by atoms with van der Waals surface area (Å²) in [4.78, 5) is 3.97. The second kappa shape index (κ2) is 5.93. The number of nitrogens with zero attached hydrogens (tertiary/aromatic N) is 2. The van der Waals surface area contributed by atoms with Crippen LogP contribution in [0.25, 0.3) is 0 Å². The molecule has 2 aromatic rings. The van der Waals surface area contributed by atoms with Crippen molar-refractivity contribution >= 4 is 21.4 Å². The zero-order valence-electron chi connectivity index (χ0n) is 10.9. The summed E-state index contributed by atoms with van der Waals surface area (Å²) in [5, 5.41) is 8.20. The van der Waals surface area contributed by atoms with E-state index < -0.39 is 10.0 Å². The molecule has 0 spiro atoms. The third-order valence-corrected chi connectivity index (χ3v) is 3.73. The first kappa shape index (κ1) is 14.4. The Hall–Kier alpha value is -2.06. The van der Waals surface area contributed by atoms with E-state index in [0.29, 0.717) is 11.4 Å². The standard InChI is InChI=1S/C12H17N5O2S/c13-11-8-10(20(14,18)19)2-3-12(11)16-4-1-6-17-7-5-15-9-17/h2-3,5,7-9,16H,1,4,6,13H2,(H2,14,18,19). The van der Waals surface area contributed by atoms with E-state index in [-0.39, 0.29) is 4.90 Å². The number of aryl methyl sites for hydroxylation is 1. The molecule has 1 heterocycles. The third kappa shape index (κ3) is 3.72. The Kier molecular flexibility index (Phi) is 4.26. The van der Waals surface area contributed by atoms with E-state index >= 15 is 0 Å². The highest BCUT2D eigenvalue weighted by Gasteiger charge is 2.09. The molecule has 0 saturated heterocycles. The second-order valence-corrected chi connectivity index (χ2v) is 5.94. The van der Waals surface area contributed by atoms with Crippen molar-refractivity contribution in [3.05, 3.63) is 36.9 Å². The van der Waals surface area contributed by atoms with Crippen LogP contribution in [0.5, 0.6) is 0 Å². The van der Waals surface area contributed by atoms with Crippen LogP contribution >= 0.6 is 0 Å². The molecule has 0 aliphatic carbocycles. The summed E-state index contributed by atoms with van der Waals surface area (Å²) in [6.07, 6.45) is 6.29. The van der Waals surface area contributed by atoms with Crippen molar-refractivity contribution in [3.8, 4) is 0 Å². The van der Waals surface area contributed by atoms with E-state index in [1.807, 2.05) is 10.8 Å². The lowest BCUT2D eigenvalue weighted by atomic mass is 10.2. The Balaban J connectivity index is 1.90. The fourth-order valence-corrected chi connectivity index (χ4v) is 2.33. The van der Waals surface area contributed by atoms with Gasteiger partial charge in [-0.2, -0.15) is 0 Å². The molecule has 0 bridgehead atoms. The van der Waals surface area contributed by atoms with Gasteiger partial charge in [-0.05, 0) is 24.6 Å². The number of nitrogens with one attached hydrogen (secondary N) is 1. The summed E-state index contributed by atoms with van der Waals surface area (Å²) < 4.78 is 24.3. The molecule has 0 fully saturated rings. The Morgan fingerprint density at radius 2 is 2.15 bits per heavy atom. The van der Waals surface area contributed by atoms with Crippen molar-refractivity contribution in [2.24, 2.45) is 5.14 Å². The van der Waals surface area contributed by atoms with Crippen molar-refractivity contribution in [1.82, 2.24) is 9.55 Å². The van der Waals surface area contributed by atoms with Gasteiger partial charge in [0.15, 0.2) is 0 Å². The lowest BCUT2D eigenvalue weighted by molar-refractivity contribution is 0.598. The van der Waals surface area contributed by atoms with Crippen LogP contribution in [-0.4, -0.2) is 24.5 Å². The van der Waals surface area contributed by atoms with Crippen LogP contribution in [0.4, 0.5) is 11.4 Å². The maximum absolute atomic E-state index is 11.2. The molecule has 0 unspecified atom stereocenters. The minimum atomic E-state index is -3.71. The van der Waals surface area contributed by atoms with Gasteiger partial charge < -0.3 is 15.6 Å². The molecule has 0 atom stereocenters. The highest BCUT2D eigenvalue weighted by Crippen LogP contribution is 2.21. The zero-order valence-corrected chi connectivity index (χ0v) is 11.7. The lowest BCUT2D eigenvalue weighted by Crippen LogP contribution is -2.13. The zero-order chi connectivity index (χ0) is 14.6.